The summed E-state index contributed by atoms with van der Waals surface area (Å²) in [4.78, 5) is 21.5. The van der Waals surface area contributed by atoms with E-state index in [-0.39, 0.29) is 16.7 Å². The Kier molecular flexibility index (Phi) is 2.90. The van der Waals surface area contributed by atoms with E-state index in [1.54, 1.807) is 0 Å². The van der Waals surface area contributed by atoms with Crippen LogP contribution in [0.4, 0.5) is 0 Å². The molecule has 0 aliphatic rings. The summed E-state index contributed by atoms with van der Waals surface area (Å²) in [5.41, 5.74) is 0.245. The molecular formula is C9H7BrO4. The van der Waals surface area contributed by atoms with Gasteiger partial charge in [-0.15, -0.1) is 0 Å². The van der Waals surface area contributed by atoms with Crippen molar-refractivity contribution in [2.45, 2.75) is 6.92 Å². The molecule has 74 valence electrons. The van der Waals surface area contributed by atoms with Crippen LogP contribution in [0, 0.1) is 6.92 Å². The van der Waals surface area contributed by atoms with Crippen LogP contribution in [0.25, 0.3) is 0 Å². The van der Waals surface area contributed by atoms with Gasteiger partial charge in [-0.3, -0.25) is 0 Å². The monoisotopic (exact) mass is 258 g/mol. The van der Waals surface area contributed by atoms with Crippen LogP contribution in [0.2, 0.25) is 0 Å². The number of carbonyl (C=O) groups is 2. The third-order valence-corrected chi connectivity index (χ3v) is 2.52. The average Bonchev–Trinajstić information content (AvgIpc) is 2.02. The highest BCUT2D eigenvalue weighted by molar-refractivity contribution is 9.10. The molecule has 5 heteroatoms. The third kappa shape index (κ3) is 1.77. The molecule has 0 aromatic heterocycles. The maximum Gasteiger partial charge on any atom is 0.337 e. The Morgan fingerprint density at radius 1 is 1.21 bits per heavy atom. The molecule has 14 heavy (non-hydrogen) atoms. The first-order valence-corrected chi connectivity index (χ1v) is 4.50. The van der Waals surface area contributed by atoms with Crippen LogP contribution in [0.5, 0.6) is 0 Å². The summed E-state index contributed by atoms with van der Waals surface area (Å²) in [6.45, 7) is 1.47. The van der Waals surface area contributed by atoms with Crippen molar-refractivity contribution in [2.24, 2.45) is 0 Å². The highest BCUT2D eigenvalue weighted by atomic mass is 79.9. The van der Waals surface area contributed by atoms with E-state index in [2.05, 4.69) is 15.9 Å². The Hall–Kier alpha value is -1.36. The van der Waals surface area contributed by atoms with Crippen molar-refractivity contribution >= 4 is 27.9 Å². The first-order valence-electron chi connectivity index (χ1n) is 3.71. The molecule has 2 N–H and O–H groups in total. The number of hydrogen-bond acceptors (Lipinski definition) is 2. The topological polar surface area (TPSA) is 74.6 Å². The molecule has 0 aliphatic carbocycles. The second-order valence-corrected chi connectivity index (χ2v) is 3.56. The molecule has 0 aliphatic heterocycles. The largest absolute Gasteiger partial charge is 0.478 e. The maximum atomic E-state index is 10.8. The van der Waals surface area contributed by atoms with E-state index in [1.165, 1.54) is 19.1 Å². The number of hydrogen-bond donors (Lipinski definition) is 2. The van der Waals surface area contributed by atoms with Gasteiger partial charge < -0.3 is 10.2 Å². The van der Waals surface area contributed by atoms with E-state index >= 15 is 0 Å². The predicted molar refractivity (Wildman–Crippen MR) is 52.8 cm³/mol. The fourth-order valence-corrected chi connectivity index (χ4v) is 1.77. The zero-order valence-corrected chi connectivity index (χ0v) is 8.83. The molecule has 0 radical (unpaired) electrons. The quantitative estimate of drug-likeness (QED) is 0.853. The summed E-state index contributed by atoms with van der Waals surface area (Å²) in [5.74, 6) is -2.27. The number of aromatic carboxylic acids is 2. The molecule has 0 heterocycles. The lowest BCUT2D eigenvalue weighted by molar-refractivity contribution is 0.0695. The molecule has 0 fully saturated rings. The standard InChI is InChI=1S/C9H7BrO4/c1-4-5(8(11)12)2-3-6(10)7(4)9(13)14/h2-3H,1H3,(H,11,12)(H,13,14). The molecule has 1 aromatic rings. The molecular weight excluding hydrogens is 252 g/mol. The Bertz CT molecular complexity index is 412. The van der Waals surface area contributed by atoms with E-state index in [0.29, 0.717) is 4.47 Å². The van der Waals surface area contributed by atoms with Gasteiger partial charge >= 0.3 is 11.9 Å². The predicted octanol–water partition coefficient (Wildman–Crippen LogP) is 2.15. The van der Waals surface area contributed by atoms with Crippen molar-refractivity contribution in [1.29, 1.82) is 0 Å². The van der Waals surface area contributed by atoms with Gasteiger partial charge in [-0.05, 0) is 40.5 Å². The zero-order valence-electron chi connectivity index (χ0n) is 7.24. The molecule has 1 rings (SSSR count). The first-order chi connectivity index (χ1) is 6.45. The van der Waals surface area contributed by atoms with E-state index < -0.39 is 11.9 Å². The second kappa shape index (κ2) is 3.79. The van der Waals surface area contributed by atoms with Gasteiger partial charge in [0.1, 0.15) is 0 Å². The van der Waals surface area contributed by atoms with Crippen molar-refractivity contribution in [3.05, 3.63) is 33.3 Å². The lowest BCUT2D eigenvalue weighted by atomic mass is 10.0. The first kappa shape index (κ1) is 10.7. The molecule has 0 saturated heterocycles. The van der Waals surface area contributed by atoms with Gasteiger partial charge in [0.15, 0.2) is 0 Å². The van der Waals surface area contributed by atoms with Crippen molar-refractivity contribution in [3.63, 3.8) is 0 Å². The average molecular weight is 259 g/mol. The van der Waals surface area contributed by atoms with E-state index in [0.717, 1.165) is 0 Å². The normalized spacial score (nSPS) is 9.86. The van der Waals surface area contributed by atoms with Gasteiger partial charge in [0.2, 0.25) is 0 Å². The summed E-state index contributed by atoms with van der Waals surface area (Å²) in [6.07, 6.45) is 0. The number of benzene rings is 1. The number of carboxylic acid groups (broad SMARTS) is 2. The van der Waals surface area contributed by atoms with Crippen LogP contribution >= 0.6 is 15.9 Å². The minimum absolute atomic E-state index is 0.00519. The lowest BCUT2D eigenvalue weighted by Gasteiger charge is -2.06. The van der Waals surface area contributed by atoms with Gasteiger partial charge in [0, 0.05) is 4.47 Å². The summed E-state index contributed by atoms with van der Waals surface area (Å²) >= 11 is 3.06. The molecule has 0 amide bonds. The Morgan fingerprint density at radius 2 is 1.79 bits per heavy atom. The number of carboxylic acids is 2. The lowest BCUT2D eigenvalue weighted by Crippen LogP contribution is -2.07. The maximum absolute atomic E-state index is 10.8. The summed E-state index contributed by atoms with van der Waals surface area (Å²) in [6, 6.07) is 2.79. The Labute approximate surface area is 88.3 Å². The van der Waals surface area contributed by atoms with Gasteiger partial charge in [-0.2, -0.15) is 0 Å². The van der Waals surface area contributed by atoms with Gasteiger partial charge in [-0.25, -0.2) is 9.59 Å². The smallest absolute Gasteiger partial charge is 0.337 e. The molecule has 0 saturated carbocycles. The zero-order chi connectivity index (χ0) is 10.9. The summed E-state index contributed by atoms with van der Waals surface area (Å²) in [7, 11) is 0. The minimum Gasteiger partial charge on any atom is -0.478 e. The summed E-state index contributed by atoms with van der Waals surface area (Å²) < 4.78 is 0.382. The molecule has 0 atom stereocenters. The molecule has 4 nitrogen and oxygen atoms in total. The fraction of sp³-hybridized carbons (Fsp3) is 0.111. The third-order valence-electron chi connectivity index (χ3n) is 1.86. The summed E-state index contributed by atoms with van der Waals surface area (Å²) in [5, 5.41) is 17.6. The van der Waals surface area contributed by atoms with E-state index in [4.69, 9.17) is 10.2 Å². The van der Waals surface area contributed by atoms with Crippen molar-refractivity contribution < 1.29 is 19.8 Å². The van der Waals surface area contributed by atoms with E-state index in [1.807, 2.05) is 0 Å². The minimum atomic E-state index is -1.14. The van der Waals surface area contributed by atoms with Gasteiger partial charge in [0.25, 0.3) is 0 Å². The van der Waals surface area contributed by atoms with Crippen LogP contribution in [0.15, 0.2) is 16.6 Å². The molecule has 1 aromatic carbocycles. The van der Waals surface area contributed by atoms with Crippen LogP contribution in [-0.2, 0) is 0 Å². The highest BCUT2D eigenvalue weighted by Crippen LogP contribution is 2.23. The van der Waals surface area contributed by atoms with Gasteiger partial charge in [0.05, 0.1) is 11.1 Å². The fourth-order valence-electron chi connectivity index (χ4n) is 1.17. The second-order valence-electron chi connectivity index (χ2n) is 2.71. The van der Waals surface area contributed by atoms with E-state index in [9.17, 15) is 9.59 Å². The Morgan fingerprint density at radius 3 is 2.21 bits per heavy atom. The number of rotatable bonds is 2. The molecule has 0 bridgehead atoms. The van der Waals surface area contributed by atoms with Gasteiger partial charge in [-0.1, -0.05) is 0 Å². The van der Waals surface area contributed by atoms with Crippen LogP contribution in [0.1, 0.15) is 26.3 Å². The number of halogens is 1. The van der Waals surface area contributed by atoms with Crippen LogP contribution in [0.3, 0.4) is 0 Å². The highest BCUT2D eigenvalue weighted by Gasteiger charge is 2.17. The van der Waals surface area contributed by atoms with Crippen molar-refractivity contribution in [3.8, 4) is 0 Å². The van der Waals surface area contributed by atoms with Crippen molar-refractivity contribution in [1.82, 2.24) is 0 Å². The van der Waals surface area contributed by atoms with Crippen LogP contribution < -0.4 is 0 Å². The van der Waals surface area contributed by atoms with Crippen molar-refractivity contribution in [2.75, 3.05) is 0 Å². The van der Waals surface area contributed by atoms with Crippen LogP contribution in [-0.4, -0.2) is 22.2 Å². The SMILES string of the molecule is Cc1c(C(=O)O)ccc(Br)c1C(=O)O. The molecule has 0 unspecified atom stereocenters. The molecule has 0 spiro atoms. The Balaban J connectivity index is 3.49.